The molecule has 0 aromatic heterocycles. The summed E-state index contributed by atoms with van der Waals surface area (Å²) in [6.07, 6.45) is 0.573. The van der Waals surface area contributed by atoms with Gasteiger partial charge in [-0.2, -0.15) is 5.26 Å². The van der Waals surface area contributed by atoms with Crippen LogP contribution in [0.3, 0.4) is 0 Å². The number of carboxylic acids is 1. The van der Waals surface area contributed by atoms with Crippen molar-refractivity contribution in [2.75, 3.05) is 12.3 Å². The van der Waals surface area contributed by atoms with Gasteiger partial charge in [0.15, 0.2) is 0 Å². The van der Waals surface area contributed by atoms with Crippen LogP contribution in [0.25, 0.3) is 0 Å². The van der Waals surface area contributed by atoms with Crippen molar-refractivity contribution >= 4 is 11.7 Å². The maximum Gasteiger partial charge on any atom is 0.335 e. The summed E-state index contributed by atoms with van der Waals surface area (Å²) in [5, 5.41) is 17.6. The van der Waals surface area contributed by atoms with Gasteiger partial charge >= 0.3 is 5.97 Å². The lowest BCUT2D eigenvalue weighted by atomic mass is 9.92. The van der Waals surface area contributed by atoms with E-state index >= 15 is 0 Å². The minimum atomic E-state index is -1.03. The molecule has 1 aromatic rings. The second kappa shape index (κ2) is 5.41. The zero-order valence-electron chi connectivity index (χ0n) is 10.4. The van der Waals surface area contributed by atoms with E-state index in [1.165, 1.54) is 18.2 Å². The average molecular weight is 248 g/mol. The van der Waals surface area contributed by atoms with Crippen LogP contribution in [-0.2, 0) is 0 Å². The first-order chi connectivity index (χ1) is 8.35. The molecule has 5 nitrogen and oxygen atoms in total. The van der Waals surface area contributed by atoms with E-state index < -0.39 is 11.4 Å². The molecule has 1 aromatic carbocycles. The van der Waals surface area contributed by atoms with Crippen molar-refractivity contribution in [3.05, 3.63) is 23.8 Å². The van der Waals surface area contributed by atoms with Crippen LogP contribution in [0.5, 0.6) is 5.75 Å². The van der Waals surface area contributed by atoms with Gasteiger partial charge in [-0.05, 0) is 38.5 Å². The Labute approximate surface area is 106 Å². The zero-order valence-corrected chi connectivity index (χ0v) is 10.4. The third-order valence-electron chi connectivity index (χ3n) is 2.54. The number of hydrogen-bond acceptors (Lipinski definition) is 4. The highest BCUT2D eigenvalue weighted by molar-refractivity contribution is 5.89. The van der Waals surface area contributed by atoms with Crippen molar-refractivity contribution in [3.8, 4) is 11.8 Å². The van der Waals surface area contributed by atoms with Gasteiger partial charge in [0, 0.05) is 0 Å². The van der Waals surface area contributed by atoms with E-state index in [1.54, 1.807) is 0 Å². The van der Waals surface area contributed by atoms with Crippen LogP contribution in [0.1, 0.15) is 30.6 Å². The molecule has 18 heavy (non-hydrogen) atoms. The predicted molar refractivity (Wildman–Crippen MR) is 67.3 cm³/mol. The largest absolute Gasteiger partial charge is 0.491 e. The smallest absolute Gasteiger partial charge is 0.335 e. The second-order valence-corrected chi connectivity index (χ2v) is 4.65. The third kappa shape index (κ3) is 3.67. The van der Waals surface area contributed by atoms with Crippen LogP contribution < -0.4 is 10.5 Å². The highest BCUT2D eigenvalue weighted by Gasteiger charge is 2.16. The fourth-order valence-corrected chi connectivity index (χ4v) is 1.28. The molecule has 0 spiro atoms. The molecule has 5 heteroatoms. The molecule has 0 amide bonds. The summed E-state index contributed by atoms with van der Waals surface area (Å²) in [6.45, 7) is 4.01. The number of ether oxygens (including phenoxy) is 1. The topological polar surface area (TPSA) is 96.3 Å². The van der Waals surface area contributed by atoms with Gasteiger partial charge in [-0.15, -0.1) is 0 Å². The fraction of sp³-hybridized carbons (Fsp3) is 0.385. The SMILES string of the molecule is CC(C)(C#N)CCOc1ccc(C(=O)O)cc1N. The predicted octanol–water partition coefficient (Wildman–Crippen LogP) is 2.29. The number of nitrogen functional groups attached to an aromatic ring is 1. The van der Waals surface area contributed by atoms with E-state index in [0.29, 0.717) is 18.8 Å². The number of aromatic carboxylic acids is 1. The normalized spacial score (nSPS) is 10.7. The van der Waals surface area contributed by atoms with Gasteiger partial charge in [0.05, 0.1) is 29.3 Å². The Bertz CT molecular complexity index is 489. The minimum Gasteiger partial charge on any atom is -0.491 e. The maximum atomic E-state index is 10.7. The van der Waals surface area contributed by atoms with Crippen molar-refractivity contribution in [2.24, 2.45) is 5.41 Å². The summed E-state index contributed by atoms with van der Waals surface area (Å²) in [4.78, 5) is 10.7. The van der Waals surface area contributed by atoms with Gasteiger partial charge < -0.3 is 15.6 Å². The Hall–Kier alpha value is -2.22. The minimum absolute atomic E-state index is 0.122. The molecule has 0 aliphatic rings. The molecular weight excluding hydrogens is 232 g/mol. The van der Waals surface area contributed by atoms with Crippen molar-refractivity contribution < 1.29 is 14.6 Å². The van der Waals surface area contributed by atoms with Crippen LogP contribution in [0, 0.1) is 16.7 Å². The number of rotatable bonds is 5. The van der Waals surface area contributed by atoms with Crippen molar-refractivity contribution in [2.45, 2.75) is 20.3 Å². The number of carboxylic acid groups (broad SMARTS) is 1. The highest BCUT2D eigenvalue weighted by Crippen LogP contribution is 2.24. The van der Waals surface area contributed by atoms with Crippen LogP contribution in [0.4, 0.5) is 5.69 Å². The van der Waals surface area contributed by atoms with Gasteiger partial charge in [0.2, 0.25) is 0 Å². The number of anilines is 1. The lowest BCUT2D eigenvalue weighted by Gasteiger charge is -2.16. The molecule has 0 atom stereocenters. The van der Waals surface area contributed by atoms with E-state index in [4.69, 9.17) is 20.8 Å². The van der Waals surface area contributed by atoms with E-state index in [9.17, 15) is 4.79 Å². The van der Waals surface area contributed by atoms with E-state index in [-0.39, 0.29) is 11.3 Å². The highest BCUT2D eigenvalue weighted by atomic mass is 16.5. The first-order valence-electron chi connectivity index (χ1n) is 5.52. The zero-order chi connectivity index (χ0) is 13.8. The lowest BCUT2D eigenvalue weighted by Crippen LogP contribution is -2.13. The van der Waals surface area contributed by atoms with Crippen molar-refractivity contribution in [3.63, 3.8) is 0 Å². The van der Waals surface area contributed by atoms with Crippen LogP contribution in [0.15, 0.2) is 18.2 Å². The molecule has 3 N–H and O–H groups in total. The lowest BCUT2D eigenvalue weighted by molar-refractivity contribution is 0.0697. The molecule has 0 saturated heterocycles. The molecule has 0 bridgehead atoms. The Morgan fingerprint density at radius 1 is 1.56 bits per heavy atom. The second-order valence-electron chi connectivity index (χ2n) is 4.65. The number of benzene rings is 1. The molecule has 0 heterocycles. The quantitative estimate of drug-likeness (QED) is 0.779. The Kier molecular flexibility index (Phi) is 4.16. The summed E-state index contributed by atoms with van der Waals surface area (Å²) in [5.74, 6) is -0.590. The van der Waals surface area contributed by atoms with Gasteiger partial charge in [-0.25, -0.2) is 4.79 Å². The van der Waals surface area contributed by atoms with Crippen molar-refractivity contribution in [1.82, 2.24) is 0 Å². The fourth-order valence-electron chi connectivity index (χ4n) is 1.28. The molecule has 0 aliphatic heterocycles. The van der Waals surface area contributed by atoms with Gasteiger partial charge in [0.25, 0.3) is 0 Å². The van der Waals surface area contributed by atoms with E-state index in [2.05, 4.69) is 6.07 Å². The molecule has 0 saturated carbocycles. The average Bonchev–Trinajstić information content (AvgIpc) is 2.31. The van der Waals surface area contributed by atoms with Crippen LogP contribution in [0.2, 0.25) is 0 Å². The summed E-state index contributed by atoms with van der Waals surface area (Å²) in [7, 11) is 0. The molecular formula is C13H16N2O3. The standard InChI is InChI=1S/C13H16N2O3/c1-13(2,8-14)5-6-18-11-4-3-9(12(16)17)7-10(11)15/h3-4,7H,5-6,15H2,1-2H3,(H,16,17). The van der Waals surface area contributed by atoms with Gasteiger partial charge in [-0.3, -0.25) is 0 Å². The number of nitrogens with zero attached hydrogens (tertiary/aromatic N) is 1. The molecule has 1 rings (SSSR count). The molecule has 0 radical (unpaired) electrons. The van der Waals surface area contributed by atoms with E-state index in [0.717, 1.165) is 0 Å². The van der Waals surface area contributed by atoms with Gasteiger partial charge in [0.1, 0.15) is 5.75 Å². The Morgan fingerprint density at radius 2 is 2.22 bits per heavy atom. The van der Waals surface area contributed by atoms with E-state index in [1.807, 2.05) is 13.8 Å². The number of nitrogens with two attached hydrogens (primary N) is 1. The Morgan fingerprint density at radius 3 is 2.72 bits per heavy atom. The first-order valence-corrected chi connectivity index (χ1v) is 5.52. The van der Waals surface area contributed by atoms with Gasteiger partial charge in [-0.1, -0.05) is 0 Å². The van der Waals surface area contributed by atoms with Crippen LogP contribution >= 0.6 is 0 Å². The van der Waals surface area contributed by atoms with Crippen LogP contribution in [-0.4, -0.2) is 17.7 Å². The molecule has 0 fully saturated rings. The summed E-state index contributed by atoms with van der Waals surface area (Å²) in [6, 6.07) is 6.49. The Balaban J connectivity index is 2.65. The van der Waals surface area contributed by atoms with Crippen molar-refractivity contribution in [1.29, 1.82) is 5.26 Å². The third-order valence-corrected chi connectivity index (χ3v) is 2.54. The number of carbonyl (C=O) groups is 1. The monoisotopic (exact) mass is 248 g/mol. The summed E-state index contributed by atoms with van der Waals surface area (Å²) >= 11 is 0. The molecule has 96 valence electrons. The molecule has 0 unspecified atom stereocenters. The number of hydrogen-bond donors (Lipinski definition) is 2. The summed E-state index contributed by atoms with van der Waals surface area (Å²) in [5.41, 5.74) is 5.64. The number of nitriles is 1. The first kappa shape index (κ1) is 13.8. The maximum absolute atomic E-state index is 10.7. The summed E-state index contributed by atoms with van der Waals surface area (Å²) < 4.78 is 5.44. The molecule has 0 aliphatic carbocycles.